The number of aromatic nitrogens is 2. The molecule has 0 radical (unpaired) electrons. The van der Waals surface area contributed by atoms with Crippen molar-refractivity contribution >= 4 is 28.9 Å². The molecule has 0 atom stereocenters. The van der Waals surface area contributed by atoms with E-state index in [2.05, 4.69) is 43.5 Å². The van der Waals surface area contributed by atoms with Crippen LogP contribution >= 0.6 is 0 Å². The van der Waals surface area contributed by atoms with Gasteiger partial charge in [0.2, 0.25) is 11.9 Å². The van der Waals surface area contributed by atoms with E-state index in [1.165, 1.54) is 0 Å². The number of benzene rings is 2. The number of carbonyl (C=O) groups is 1. The van der Waals surface area contributed by atoms with Crippen molar-refractivity contribution in [2.24, 2.45) is 0 Å². The first-order chi connectivity index (χ1) is 18.4. The highest BCUT2D eigenvalue weighted by Crippen LogP contribution is 2.40. The summed E-state index contributed by atoms with van der Waals surface area (Å²) < 4.78 is 41.6. The molecule has 3 heterocycles. The summed E-state index contributed by atoms with van der Waals surface area (Å²) in [5, 5.41) is 5.99. The third-order valence-corrected chi connectivity index (χ3v) is 7.72. The highest BCUT2D eigenvalue weighted by atomic mass is 19.4. The Morgan fingerprint density at radius 2 is 1.82 bits per heavy atom. The summed E-state index contributed by atoms with van der Waals surface area (Å²) in [6.45, 7) is 9.49. The molecule has 2 aliphatic rings. The van der Waals surface area contributed by atoms with Gasteiger partial charge in [0.05, 0.1) is 16.7 Å². The van der Waals surface area contributed by atoms with Gasteiger partial charge in [-0.15, -0.1) is 0 Å². The predicted octanol–water partition coefficient (Wildman–Crippen LogP) is 5.31. The lowest BCUT2D eigenvalue weighted by Gasteiger charge is -2.34. The number of hydrogen-bond acceptors (Lipinski definition) is 6. The Bertz CT molecular complexity index is 1400. The fraction of sp³-hybridized carbons (Fsp3) is 0.414. The summed E-state index contributed by atoms with van der Waals surface area (Å²) >= 11 is 0. The zero-order chi connectivity index (χ0) is 27.9. The number of nitrogens with one attached hydrogen (secondary N) is 2. The molecule has 1 saturated heterocycles. The van der Waals surface area contributed by atoms with E-state index < -0.39 is 17.2 Å². The van der Waals surface area contributed by atoms with E-state index in [9.17, 15) is 18.0 Å². The molecule has 0 saturated carbocycles. The highest BCUT2D eigenvalue weighted by Gasteiger charge is 2.40. The minimum atomic E-state index is -4.58. The first-order valence-corrected chi connectivity index (χ1v) is 13.1. The van der Waals surface area contributed by atoms with Gasteiger partial charge in [-0.1, -0.05) is 12.1 Å². The summed E-state index contributed by atoms with van der Waals surface area (Å²) in [5.74, 6) is -0.00706. The van der Waals surface area contributed by atoms with Gasteiger partial charge in [-0.2, -0.15) is 13.2 Å². The summed E-state index contributed by atoms with van der Waals surface area (Å²) in [5.41, 5.74) is 3.48. The topological polar surface area (TPSA) is 73.4 Å². The van der Waals surface area contributed by atoms with E-state index in [-0.39, 0.29) is 24.0 Å². The zero-order valence-corrected chi connectivity index (χ0v) is 22.6. The number of halogens is 3. The molecule has 1 amide bonds. The maximum Gasteiger partial charge on any atom is 0.419 e. The Labute approximate surface area is 226 Å². The standard InChI is InChI=1S/C29H33F3N6O/c1-18-16-20(38-14-12-37(4)13-15-38)9-11-22(18)35-27-33-17-21(29(30,31)32)23(36-27)10-8-19-6-5-7-24-25(19)28(2,3)26(39)34-24/h5-7,9,11,16-17H,8,10,12-15H2,1-4H3,(H,34,39)(H,33,35,36). The maximum absolute atomic E-state index is 13.9. The summed E-state index contributed by atoms with van der Waals surface area (Å²) in [6.07, 6.45) is -3.37. The molecule has 2 N–H and O–H groups in total. The first-order valence-electron chi connectivity index (χ1n) is 13.1. The van der Waals surface area contributed by atoms with Crippen LogP contribution in [-0.2, 0) is 29.2 Å². The molecule has 0 unspecified atom stereocenters. The van der Waals surface area contributed by atoms with Gasteiger partial charge in [-0.25, -0.2) is 9.97 Å². The van der Waals surface area contributed by atoms with Gasteiger partial charge in [0.15, 0.2) is 0 Å². The van der Waals surface area contributed by atoms with Crippen molar-refractivity contribution in [3.8, 4) is 0 Å². The number of fused-ring (bicyclic) bond motifs is 1. The first kappa shape index (κ1) is 26.9. The van der Waals surface area contributed by atoms with Crippen LogP contribution in [0.2, 0.25) is 0 Å². The van der Waals surface area contributed by atoms with Crippen molar-refractivity contribution in [2.45, 2.75) is 45.2 Å². The molecule has 206 valence electrons. The molecule has 2 aliphatic heterocycles. The molecular formula is C29H33F3N6O. The average Bonchev–Trinajstić information content (AvgIpc) is 3.12. The lowest BCUT2D eigenvalue weighted by Crippen LogP contribution is -2.44. The molecule has 2 aromatic carbocycles. The molecular weight excluding hydrogens is 505 g/mol. The van der Waals surface area contributed by atoms with Crippen LogP contribution in [0.3, 0.4) is 0 Å². The van der Waals surface area contributed by atoms with E-state index in [4.69, 9.17) is 0 Å². The quantitative estimate of drug-likeness (QED) is 0.443. The van der Waals surface area contributed by atoms with Gasteiger partial charge in [0.1, 0.15) is 0 Å². The van der Waals surface area contributed by atoms with Crippen molar-refractivity contribution in [2.75, 3.05) is 48.8 Å². The molecule has 3 aromatic rings. The molecule has 0 aliphatic carbocycles. The van der Waals surface area contributed by atoms with Gasteiger partial charge < -0.3 is 20.4 Å². The summed E-state index contributed by atoms with van der Waals surface area (Å²) in [7, 11) is 2.11. The second-order valence-electron chi connectivity index (χ2n) is 10.9. The fourth-order valence-corrected chi connectivity index (χ4v) is 5.37. The molecule has 39 heavy (non-hydrogen) atoms. The molecule has 1 fully saturated rings. The molecule has 0 bridgehead atoms. The third kappa shape index (κ3) is 5.43. The van der Waals surface area contributed by atoms with E-state index in [0.29, 0.717) is 12.1 Å². The van der Waals surface area contributed by atoms with Crippen LogP contribution < -0.4 is 15.5 Å². The molecule has 0 spiro atoms. The van der Waals surface area contributed by atoms with Crippen molar-refractivity contribution in [1.29, 1.82) is 0 Å². The minimum absolute atomic E-state index is 0.0497. The second-order valence-corrected chi connectivity index (χ2v) is 10.9. The van der Waals surface area contributed by atoms with Crippen molar-refractivity contribution < 1.29 is 18.0 Å². The number of hydrogen-bond donors (Lipinski definition) is 2. The third-order valence-electron chi connectivity index (χ3n) is 7.72. The molecule has 7 nitrogen and oxygen atoms in total. The van der Waals surface area contributed by atoms with E-state index >= 15 is 0 Å². The van der Waals surface area contributed by atoms with Crippen LogP contribution in [-0.4, -0.2) is 54.0 Å². The number of alkyl halides is 3. The van der Waals surface area contributed by atoms with Crippen LogP contribution in [0.5, 0.6) is 0 Å². The summed E-state index contributed by atoms with van der Waals surface area (Å²) in [4.78, 5) is 25.4. The number of anilines is 4. The van der Waals surface area contributed by atoms with E-state index in [1.807, 2.05) is 51.1 Å². The highest BCUT2D eigenvalue weighted by molar-refractivity contribution is 6.06. The van der Waals surface area contributed by atoms with Crippen LogP contribution in [0.15, 0.2) is 42.6 Å². The number of piperazine rings is 1. The van der Waals surface area contributed by atoms with Gasteiger partial charge in [0, 0.05) is 49.4 Å². The van der Waals surface area contributed by atoms with E-state index in [0.717, 1.165) is 60.4 Å². The van der Waals surface area contributed by atoms with Crippen LogP contribution in [0.4, 0.5) is 36.2 Å². The Hall–Kier alpha value is -3.66. The number of rotatable bonds is 6. The van der Waals surface area contributed by atoms with Crippen LogP contribution in [0.25, 0.3) is 0 Å². The Kier molecular flexibility index (Phi) is 7.00. The van der Waals surface area contributed by atoms with Crippen molar-refractivity contribution in [3.05, 3.63) is 70.5 Å². The summed E-state index contributed by atoms with van der Waals surface area (Å²) in [6, 6.07) is 11.5. The van der Waals surface area contributed by atoms with Gasteiger partial charge in [-0.3, -0.25) is 4.79 Å². The lowest BCUT2D eigenvalue weighted by molar-refractivity contribution is -0.138. The largest absolute Gasteiger partial charge is 0.419 e. The predicted molar refractivity (Wildman–Crippen MR) is 147 cm³/mol. The fourth-order valence-electron chi connectivity index (χ4n) is 5.37. The van der Waals surface area contributed by atoms with Gasteiger partial charge in [0.25, 0.3) is 0 Å². The average molecular weight is 539 g/mol. The Balaban J connectivity index is 1.38. The van der Waals surface area contributed by atoms with Crippen LogP contribution in [0, 0.1) is 6.92 Å². The minimum Gasteiger partial charge on any atom is -0.369 e. The van der Waals surface area contributed by atoms with Crippen molar-refractivity contribution in [3.63, 3.8) is 0 Å². The number of nitrogens with zero attached hydrogens (tertiary/aromatic N) is 4. The smallest absolute Gasteiger partial charge is 0.369 e. The Morgan fingerprint density at radius 3 is 2.51 bits per heavy atom. The molecule has 5 rings (SSSR count). The zero-order valence-electron chi connectivity index (χ0n) is 22.6. The van der Waals surface area contributed by atoms with Gasteiger partial charge >= 0.3 is 6.18 Å². The second kappa shape index (κ2) is 10.1. The van der Waals surface area contributed by atoms with E-state index in [1.54, 1.807) is 0 Å². The number of aryl methyl sites for hydroxylation is 3. The monoisotopic (exact) mass is 538 g/mol. The SMILES string of the molecule is Cc1cc(N2CCN(C)CC2)ccc1Nc1ncc(C(F)(F)F)c(CCc2cccc3c2C(C)(C)C(=O)N3)n1. The Morgan fingerprint density at radius 1 is 1.08 bits per heavy atom. The molecule has 1 aromatic heterocycles. The number of amides is 1. The van der Waals surface area contributed by atoms with Crippen molar-refractivity contribution in [1.82, 2.24) is 14.9 Å². The number of carbonyl (C=O) groups excluding carboxylic acids is 1. The number of likely N-dealkylation sites (N-methyl/N-ethyl adjacent to an activating group) is 1. The normalized spacial score (nSPS) is 17.2. The van der Waals surface area contributed by atoms with Gasteiger partial charge in [-0.05, 0) is 81.6 Å². The lowest BCUT2D eigenvalue weighted by atomic mass is 9.82. The maximum atomic E-state index is 13.9. The molecule has 10 heteroatoms. The van der Waals surface area contributed by atoms with Crippen LogP contribution in [0.1, 0.15) is 41.8 Å².